The van der Waals surface area contributed by atoms with E-state index >= 15 is 0 Å². The molecule has 1 spiro atoms. The van der Waals surface area contributed by atoms with E-state index in [0.717, 1.165) is 17.5 Å². The number of aliphatic hydroxyl groups excluding tert-OH is 1. The fourth-order valence-corrected chi connectivity index (χ4v) is 10.0. The van der Waals surface area contributed by atoms with Crippen LogP contribution in [0.3, 0.4) is 0 Å². The molecule has 3 N–H and O–H groups in total. The van der Waals surface area contributed by atoms with Gasteiger partial charge < -0.3 is 20.6 Å². The maximum absolute atomic E-state index is 14.3. The van der Waals surface area contributed by atoms with Gasteiger partial charge in [-0.3, -0.25) is 14.4 Å². The van der Waals surface area contributed by atoms with Crippen molar-refractivity contribution in [2.24, 2.45) is 11.8 Å². The highest BCUT2D eigenvalue weighted by atomic mass is 79.9. The van der Waals surface area contributed by atoms with Crippen molar-refractivity contribution in [2.75, 3.05) is 13.2 Å². The monoisotopic (exact) mass is 599 g/mol. The Kier molecular flexibility index (Phi) is 8.16. The van der Waals surface area contributed by atoms with Gasteiger partial charge in [-0.15, -0.1) is 11.8 Å². The first-order valence-corrected chi connectivity index (χ1v) is 15.1. The SMILES string of the molecule is CCCNC(=O)[C@H]1[C@@H]2SC3(CC2Br)C(C(=O)NCc2ccccc2)N([C@@H](CO)Cc2ccccc2)C(=O)[C@H]13. The molecule has 3 unspecified atom stereocenters. The Morgan fingerprint density at radius 1 is 1.08 bits per heavy atom. The predicted molar refractivity (Wildman–Crippen MR) is 152 cm³/mol. The van der Waals surface area contributed by atoms with Crippen LogP contribution in [0.1, 0.15) is 30.9 Å². The highest BCUT2D eigenvalue weighted by Gasteiger charge is 2.76. The summed E-state index contributed by atoms with van der Waals surface area (Å²) in [7, 11) is 0. The third-order valence-electron chi connectivity index (χ3n) is 8.06. The van der Waals surface area contributed by atoms with E-state index in [1.165, 1.54) is 0 Å². The normalized spacial score (nSPS) is 30.2. The highest BCUT2D eigenvalue weighted by Crippen LogP contribution is 2.68. The summed E-state index contributed by atoms with van der Waals surface area (Å²) in [5.74, 6) is -1.70. The molecule has 7 atom stereocenters. The Bertz CT molecular complexity index is 1170. The van der Waals surface area contributed by atoms with Gasteiger partial charge in [-0.25, -0.2) is 0 Å². The first kappa shape index (κ1) is 27.2. The smallest absolute Gasteiger partial charge is 0.244 e. The van der Waals surface area contributed by atoms with Crippen molar-refractivity contribution >= 4 is 45.4 Å². The number of halogens is 1. The number of hydrogen-bond acceptors (Lipinski definition) is 5. The van der Waals surface area contributed by atoms with E-state index in [4.69, 9.17) is 0 Å². The fourth-order valence-electron chi connectivity index (χ4n) is 6.44. The summed E-state index contributed by atoms with van der Waals surface area (Å²) in [5, 5.41) is 16.5. The van der Waals surface area contributed by atoms with Crippen molar-refractivity contribution in [1.29, 1.82) is 0 Å². The first-order valence-electron chi connectivity index (χ1n) is 13.3. The Morgan fingerprint density at radius 3 is 2.37 bits per heavy atom. The van der Waals surface area contributed by atoms with Crippen LogP contribution in [0, 0.1) is 11.8 Å². The quantitative estimate of drug-likeness (QED) is 0.365. The molecule has 5 rings (SSSR count). The van der Waals surface area contributed by atoms with Crippen LogP contribution in [0.4, 0.5) is 0 Å². The van der Waals surface area contributed by atoms with E-state index in [-0.39, 0.29) is 34.4 Å². The van der Waals surface area contributed by atoms with E-state index in [2.05, 4.69) is 26.6 Å². The molecule has 202 valence electrons. The molecule has 3 aliphatic rings. The number of nitrogens with one attached hydrogen (secondary N) is 2. The van der Waals surface area contributed by atoms with Gasteiger partial charge in [0.2, 0.25) is 17.7 Å². The van der Waals surface area contributed by atoms with Crippen LogP contribution in [-0.2, 0) is 27.3 Å². The zero-order valence-electron chi connectivity index (χ0n) is 21.4. The second-order valence-corrected chi connectivity index (χ2v) is 13.1. The van der Waals surface area contributed by atoms with E-state index < -0.39 is 28.7 Å². The van der Waals surface area contributed by atoms with Crippen LogP contribution >= 0.6 is 27.7 Å². The number of hydrogen-bond donors (Lipinski definition) is 3. The molecule has 0 aliphatic carbocycles. The van der Waals surface area contributed by atoms with Crippen molar-refractivity contribution in [1.82, 2.24) is 15.5 Å². The summed E-state index contributed by atoms with van der Waals surface area (Å²) < 4.78 is -0.741. The van der Waals surface area contributed by atoms with Crippen LogP contribution in [0.2, 0.25) is 0 Å². The van der Waals surface area contributed by atoms with Gasteiger partial charge in [0.05, 0.1) is 29.2 Å². The van der Waals surface area contributed by atoms with Gasteiger partial charge in [0, 0.05) is 23.2 Å². The summed E-state index contributed by atoms with van der Waals surface area (Å²) in [6.45, 7) is 2.61. The molecule has 3 aliphatic heterocycles. The molecule has 2 bridgehead atoms. The molecule has 3 heterocycles. The van der Waals surface area contributed by atoms with Crippen molar-refractivity contribution in [3.05, 3.63) is 71.8 Å². The highest BCUT2D eigenvalue weighted by molar-refractivity contribution is 9.09. The number of nitrogens with zero attached hydrogens (tertiary/aromatic N) is 1. The Balaban J connectivity index is 1.51. The molecule has 38 heavy (non-hydrogen) atoms. The Hall–Kier alpha value is -2.36. The van der Waals surface area contributed by atoms with Crippen LogP contribution in [0.15, 0.2) is 60.7 Å². The first-order chi connectivity index (χ1) is 18.4. The minimum Gasteiger partial charge on any atom is -0.394 e. The van der Waals surface area contributed by atoms with Crippen LogP contribution < -0.4 is 10.6 Å². The van der Waals surface area contributed by atoms with Gasteiger partial charge in [-0.1, -0.05) is 83.5 Å². The maximum Gasteiger partial charge on any atom is 0.244 e. The number of aliphatic hydroxyl groups is 1. The number of fused-ring (bicyclic) bond motifs is 1. The molecule has 2 aromatic rings. The molecule has 7 nitrogen and oxygen atoms in total. The molecule has 3 amide bonds. The molecule has 3 saturated heterocycles. The average molecular weight is 601 g/mol. The van der Waals surface area contributed by atoms with E-state index in [0.29, 0.717) is 25.9 Å². The summed E-state index contributed by atoms with van der Waals surface area (Å²) in [4.78, 5) is 43.3. The number of carbonyl (C=O) groups excluding carboxylic acids is 3. The van der Waals surface area contributed by atoms with Gasteiger partial charge in [0.1, 0.15) is 6.04 Å². The molecule has 3 fully saturated rings. The number of thioether (sulfide) groups is 1. The zero-order valence-corrected chi connectivity index (χ0v) is 23.8. The lowest BCUT2D eigenvalue weighted by atomic mass is 9.70. The average Bonchev–Trinajstić information content (AvgIpc) is 3.53. The van der Waals surface area contributed by atoms with Gasteiger partial charge in [-0.2, -0.15) is 0 Å². The molecular formula is C29H34BrN3O4S. The van der Waals surface area contributed by atoms with Crippen LogP contribution in [0.5, 0.6) is 0 Å². The molecular weight excluding hydrogens is 566 g/mol. The van der Waals surface area contributed by atoms with Crippen molar-refractivity contribution in [2.45, 2.75) is 59.6 Å². The molecule has 0 radical (unpaired) electrons. The van der Waals surface area contributed by atoms with Crippen molar-refractivity contribution in [3.8, 4) is 0 Å². The van der Waals surface area contributed by atoms with Crippen LogP contribution in [0.25, 0.3) is 0 Å². The van der Waals surface area contributed by atoms with Crippen LogP contribution in [-0.4, -0.2) is 67.8 Å². The van der Waals surface area contributed by atoms with E-state index in [1.807, 2.05) is 67.6 Å². The number of benzene rings is 2. The van der Waals surface area contributed by atoms with Crippen molar-refractivity contribution < 1.29 is 19.5 Å². The van der Waals surface area contributed by atoms with Gasteiger partial charge in [-0.05, 0) is 30.4 Å². The lowest BCUT2D eigenvalue weighted by Crippen LogP contribution is -2.57. The van der Waals surface area contributed by atoms with Gasteiger partial charge >= 0.3 is 0 Å². The third kappa shape index (κ3) is 4.77. The number of rotatable bonds is 10. The number of likely N-dealkylation sites (tertiary alicyclic amines) is 1. The fraction of sp³-hybridized carbons (Fsp3) is 0.483. The molecule has 2 aromatic carbocycles. The summed E-state index contributed by atoms with van der Waals surface area (Å²) >= 11 is 5.41. The van der Waals surface area contributed by atoms with E-state index in [1.54, 1.807) is 16.7 Å². The predicted octanol–water partition coefficient (Wildman–Crippen LogP) is 2.90. The topological polar surface area (TPSA) is 98.7 Å². The van der Waals surface area contributed by atoms with Crippen molar-refractivity contribution in [3.63, 3.8) is 0 Å². The standard InChI is InChI=1S/C29H34BrN3O4S/c1-2-13-31-26(35)22-23-28(37)33(20(17-34)14-18-9-5-3-6-10-18)25(29(23)15-21(30)24(22)38-29)27(36)32-16-19-11-7-4-8-12-19/h3-12,20-25,34H,2,13-17H2,1H3,(H,31,35)(H,32,36)/t20-,21?,22-,23+,24-,25?,29?/m1/s1. The second kappa shape index (κ2) is 11.4. The second-order valence-electron chi connectivity index (χ2n) is 10.4. The lowest BCUT2D eigenvalue weighted by molar-refractivity contribution is -0.142. The molecule has 9 heteroatoms. The molecule has 0 aromatic heterocycles. The van der Waals surface area contributed by atoms with E-state index in [9.17, 15) is 19.5 Å². The summed E-state index contributed by atoms with van der Waals surface area (Å²) in [6, 6.07) is 18.0. The lowest BCUT2D eigenvalue weighted by Gasteiger charge is -2.37. The number of carbonyl (C=O) groups is 3. The Morgan fingerprint density at radius 2 is 1.74 bits per heavy atom. The number of amides is 3. The van der Waals surface area contributed by atoms with Gasteiger partial charge in [0.25, 0.3) is 0 Å². The third-order valence-corrected chi connectivity index (χ3v) is 11.3. The summed E-state index contributed by atoms with van der Waals surface area (Å²) in [5.41, 5.74) is 1.94. The zero-order chi connectivity index (χ0) is 26.9. The number of alkyl halides is 1. The Labute approximate surface area is 236 Å². The maximum atomic E-state index is 14.3. The largest absolute Gasteiger partial charge is 0.394 e. The molecule has 0 saturated carbocycles. The minimum atomic E-state index is -0.788. The van der Waals surface area contributed by atoms with Gasteiger partial charge in [0.15, 0.2) is 0 Å². The summed E-state index contributed by atoms with van der Waals surface area (Å²) in [6.07, 6.45) is 1.84. The minimum absolute atomic E-state index is 0.0139.